The molecule has 6 nitrogen and oxygen atoms in total. The maximum absolute atomic E-state index is 12.9. The van der Waals surface area contributed by atoms with E-state index in [0.717, 1.165) is 47.6 Å². The van der Waals surface area contributed by atoms with Gasteiger partial charge in [0, 0.05) is 43.2 Å². The number of carbonyl (C=O) groups is 1. The van der Waals surface area contributed by atoms with Gasteiger partial charge in [0.1, 0.15) is 0 Å². The Morgan fingerprint density at radius 3 is 2.65 bits per heavy atom. The standard InChI is InChI=1S/C31H38N4O2/c1-23-17-29(35-16-14-26(20-35)19-34-15-6-7-24(34)2)12-13-30(23)33-31(36)27-10-11-28(32-18-27)22-37-21-25-8-4-3-5-9-25/h3-5,8-13,17-18,24,26H,6-7,14-16,19-22H2,1-2H3,(H,33,36). The lowest BCUT2D eigenvalue weighted by atomic mass is 10.1. The average molecular weight is 499 g/mol. The van der Waals surface area contributed by atoms with Crippen molar-refractivity contribution in [1.82, 2.24) is 9.88 Å². The quantitative estimate of drug-likeness (QED) is 0.412. The molecule has 2 fully saturated rings. The predicted molar refractivity (Wildman–Crippen MR) is 149 cm³/mol. The van der Waals surface area contributed by atoms with Crippen LogP contribution in [-0.2, 0) is 18.0 Å². The van der Waals surface area contributed by atoms with Crippen molar-refractivity contribution in [2.24, 2.45) is 5.92 Å². The van der Waals surface area contributed by atoms with Crippen molar-refractivity contribution in [3.8, 4) is 0 Å². The number of rotatable bonds is 9. The van der Waals surface area contributed by atoms with Crippen LogP contribution in [0.5, 0.6) is 0 Å². The van der Waals surface area contributed by atoms with E-state index in [2.05, 4.69) is 46.1 Å². The minimum Gasteiger partial charge on any atom is -0.371 e. The van der Waals surface area contributed by atoms with Crippen molar-refractivity contribution in [1.29, 1.82) is 0 Å². The van der Waals surface area contributed by atoms with Gasteiger partial charge in [-0.05, 0) is 87.0 Å². The fourth-order valence-electron chi connectivity index (χ4n) is 5.48. The van der Waals surface area contributed by atoms with Crippen LogP contribution < -0.4 is 10.2 Å². The zero-order valence-electron chi connectivity index (χ0n) is 22.0. The molecule has 2 aliphatic heterocycles. The third kappa shape index (κ3) is 6.56. The molecule has 0 aliphatic carbocycles. The molecule has 194 valence electrons. The number of nitrogens with one attached hydrogen (secondary N) is 1. The van der Waals surface area contributed by atoms with Gasteiger partial charge < -0.3 is 19.9 Å². The molecule has 3 heterocycles. The van der Waals surface area contributed by atoms with E-state index in [1.165, 1.54) is 38.0 Å². The van der Waals surface area contributed by atoms with Crippen LogP contribution in [0.25, 0.3) is 0 Å². The van der Waals surface area contributed by atoms with Crippen LogP contribution in [0.2, 0.25) is 0 Å². The topological polar surface area (TPSA) is 57.7 Å². The SMILES string of the molecule is Cc1cc(N2CCC(CN3CCCC3C)C2)ccc1NC(=O)c1ccc(COCc2ccccc2)nc1. The number of pyridine rings is 1. The smallest absolute Gasteiger partial charge is 0.257 e. The Balaban J connectivity index is 1.12. The van der Waals surface area contributed by atoms with Crippen LogP contribution in [-0.4, -0.2) is 48.0 Å². The zero-order chi connectivity index (χ0) is 25.6. The first-order valence-electron chi connectivity index (χ1n) is 13.5. The number of nitrogens with zero attached hydrogens (tertiary/aromatic N) is 3. The van der Waals surface area contributed by atoms with Gasteiger partial charge in [0.25, 0.3) is 5.91 Å². The van der Waals surface area contributed by atoms with Crippen molar-refractivity contribution >= 4 is 17.3 Å². The van der Waals surface area contributed by atoms with Gasteiger partial charge in [-0.15, -0.1) is 0 Å². The molecule has 0 spiro atoms. The second kappa shape index (κ2) is 11.9. The first kappa shape index (κ1) is 25.4. The Morgan fingerprint density at radius 1 is 1.05 bits per heavy atom. The Kier molecular flexibility index (Phi) is 8.17. The second-order valence-corrected chi connectivity index (χ2v) is 10.6. The van der Waals surface area contributed by atoms with Crippen LogP contribution >= 0.6 is 0 Å². The van der Waals surface area contributed by atoms with Crippen LogP contribution in [0, 0.1) is 12.8 Å². The predicted octanol–water partition coefficient (Wildman–Crippen LogP) is 5.67. The number of hydrogen-bond acceptors (Lipinski definition) is 5. The van der Waals surface area contributed by atoms with E-state index in [-0.39, 0.29) is 5.91 Å². The zero-order valence-corrected chi connectivity index (χ0v) is 22.0. The number of amides is 1. The molecule has 0 saturated carbocycles. The molecule has 2 unspecified atom stereocenters. The van der Waals surface area contributed by atoms with Gasteiger partial charge in [-0.1, -0.05) is 30.3 Å². The van der Waals surface area contributed by atoms with Crippen LogP contribution in [0.3, 0.4) is 0 Å². The summed E-state index contributed by atoms with van der Waals surface area (Å²) in [5.74, 6) is 0.584. The largest absolute Gasteiger partial charge is 0.371 e. The number of aryl methyl sites for hydroxylation is 1. The van der Waals surface area contributed by atoms with Crippen molar-refractivity contribution in [3.05, 3.63) is 89.2 Å². The third-order valence-corrected chi connectivity index (χ3v) is 7.74. The normalized spacial score (nSPS) is 19.9. The van der Waals surface area contributed by atoms with Gasteiger partial charge in [-0.25, -0.2) is 0 Å². The molecule has 1 aromatic heterocycles. The van der Waals surface area contributed by atoms with Gasteiger partial charge >= 0.3 is 0 Å². The van der Waals surface area contributed by atoms with E-state index >= 15 is 0 Å². The summed E-state index contributed by atoms with van der Waals surface area (Å²) in [5, 5.41) is 3.05. The van der Waals surface area contributed by atoms with Crippen molar-refractivity contribution in [3.63, 3.8) is 0 Å². The van der Waals surface area contributed by atoms with Crippen molar-refractivity contribution < 1.29 is 9.53 Å². The van der Waals surface area contributed by atoms with Crippen LogP contribution in [0.4, 0.5) is 11.4 Å². The lowest BCUT2D eigenvalue weighted by molar-refractivity contribution is 0.102. The molecule has 2 saturated heterocycles. The molecule has 2 aromatic carbocycles. The Hall–Kier alpha value is -3.22. The minimum absolute atomic E-state index is 0.152. The Labute approximate surface area is 220 Å². The summed E-state index contributed by atoms with van der Waals surface area (Å²) in [6, 6.07) is 20.8. The van der Waals surface area contributed by atoms with Gasteiger partial charge in [0.2, 0.25) is 0 Å². The van der Waals surface area contributed by atoms with Crippen LogP contribution in [0.15, 0.2) is 66.9 Å². The molecular weight excluding hydrogens is 460 g/mol. The van der Waals surface area contributed by atoms with E-state index in [4.69, 9.17) is 4.74 Å². The van der Waals surface area contributed by atoms with Crippen molar-refractivity contribution in [2.45, 2.75) is 52.4 Å². The summed E-state index contributed by atoms with van der Waals surface area (Å²) in [7, 11) is 0. The number of anilines is 2. The first-order valence-corrected chi connectivity index (χ1v) is 13.5. The number of aromatic nitrogens is 1. The van der Waals surface area contributed by atoms with Crippen molar-refractivity contribution in [2.75, 3.05) is 36.4 Å². The second-order valence-electron chi connectivity index (χ2n) is 10.6. The number of likely N-dealkylation sites (tertiary alicyclic amines) is 1. The highest BCUT2D eigenvalue weighted by molar-refractivity contribution is 6.04. The molecule has 0 radical (unpaired) electrons. The first-order chi connectivity index (χ1) is 18.0. The highest BCUT2D eigenvalue weighted by Crippen LogP contribution is 2.29. The summed E-state index contributed by atoms with van der Waals surface area (Å²) < 4.78 is 5.75. The highest BCUT2D eigenvalue weighted by atomic mass is 16.5. The van der Waals surface area contributed by atoms with E-state index < -0.39 is 0 Å². The van der Waals surface area contributed by atoms with E-state index in [0.29, 0.717) is 18.8 Å². The molecule has 37 heavy (non-hydrogen) atoms. The molecule has 1 N–H and O–H groups in total. The summed E-state index contributed by atoms with van der Waals surface area (Å²) in [4.78, 5) is 22.4. The molecule has 2 aliphatic rings. The Bertz CT molecular complexity index is 1180. The fraction of sp³-hybridized carbons (Fsp3) is 0.419. The maximum Gasteiger partial charge on any atom is 0.257 e. The molecular formula is C31H38N4O2. The van der Waals surface area contributed by atoms with E-state index in [9.17, 15) is 4.79 Å². The highest BCUT2D eigenvalue weighted by Gasteiger charge is 2.28. The molecule has 1 amide bonds. The van der Waals surface area contributed by atoms with E-state index in [1.54, 1.807) is 12.3 Å². The number of carbonyl (C=O) groups excluding carboxylic acids is 1. The Morgan fingerprint density at radius 2 is 1.92 bits per heavy atom. The summed E-state index contributed by atoms with van der Waals surface area (Å²) in [5.41, 5.74) is 5.62. The monoisotopic (exact) mass is 498 g/mol. The van der Waals surface area contributed by atoms with Crippen LogP contribution in [0.1, 0.15) is 53.4 Å². The van der Waals surface area contributed by atoms with Gasteiger partial charge in [-0.2, -0.15) is 0 Å². The van der Waals surface area contributed by atoms with E-state index in [1.807, 2.05) is 42.5 Å². The summed E-state index contributed by atoms with van der Waals surface area (Å²) in [6.07, 6.45) is 5.55. The number of ether oxygens (including phenoxy) is 1. The maximum atomic E-state index is 12.9. The molecule has 5 rings (SSSR count). The minimum atomic E-state index is -0.152. The number of hydrogen-bond donors (Lipinski definition) is 1. The molecule has 0 bridgehead atoms. The summed E-state index contributed by atoms with van der Waals surface area (Å²) in [6.45, 7) is 10.1. The molecule has 6 heteroatoms. The average Bonchev–Trinajstić information content (AvgIpc) is 3.55. The lowest BCUT2D eigenvalue weighted by Crippen LogP contribution is -2.33. The lowest BCUT2D eigenvalue weighted by Gasteiger charge is -2.25. The van der Waals surface area contributed by atoms with Gasteiger partial charge in [0.15, 0.2) is 0 Å². The molecule has 3 aromatic rings. The summed E-state index contributed by atoms with van der Waals surface area (Å²) >= 11 is 0. The van der Waals surface area contributed by atoms with Gasteiger partial charge in [-0.3, -0.25) is 9.78 Å². The molecule has 2 atom stereocenters. The fourth-order valence-corrected chi connectivity index (χ4v) is 5.48. The third-order valence-electron chi connectivity index (χ3n) is 7.74. The van der Waals surface area contributed by atoms with Gasteiger partial charge in [0.05, 0.1) is 24.5 Å². The number of benzene rings is 2.